The second-order valence-electron chi connectivity index (χ2n) is 6.07. The fraction of sp³-hybridized carbons (Fsp3) is 0.389. The molecule has 1 N–H and O–H groups in total. The van der Waals surface area contributed by atoms with Crippen LogP contribution in [0.5, 0.6) is 0 Å². The summed E-state index contributed by atoms with van der Waals surface area (Å²) >= 11 is 13.1. The van der Waals surface area contributed by atoms with Crippen molar-refractivity contribution < 1.29 is 4.79 Å². The number of piperidine rings is 1. The lowest BCUT2D eigenvalue weighted by Crippen LogP contribution is -2.29. The number of nitrogens with one attached hydrogen (secondary N) is 1. The molecule has 1 amide bonds. The maximum atomic E-state index is 12.1. The number of rotatable bonds is 5. The van der Waals surface area contributed by atoms with E-state index in [1.165, 1.54) is 49.3 Å². The van der Waals surface area contributed by atoms with E-state index in [1.54, 1.807) is 6.07 Å². The average Bonchev–Trinajstić information content (AvgIpc) is 2.93. The molecule has 1 aliphatic heterocycles. The van der Waals surface area contributed by atoms with Crippen LogP contribution in [0.3, 0.4) is 0 Å². The predicted molar refractivity (Wildman–Crippen MR) is 101 cm³/mol. The first-order chi connectivity index (χ1) is 11.6. The molecule has 0 aliphatic carbocycles. The summed E-state index contributed by atoms with van der Waals surface area (Å²) in [6.07, 6.45) is 3.97. The molecule has 0 atom stereocenters. The fourth-order valence-electron chi connectivity index (χ4n) is 2.91. The Labute approximate surface area is 156 Å². The SMILES string of the molecule is O=C(NCc1ccc(CN2CCCCC2)cc1)c1cc(Cl)sc1Cl. The van der Waals surface area contributed by atoms with Crippen LogP contribution in [0.2, 0.25) is 8.67 Å². The highest BCUT2D eigenvalue weighted by Crippen LogP contribution is 2.31. The number of likely N-dealkylation sites (tertiary alicyclic amines) is 1. The van der Waals surface area contributed by atoms with Crippen LogP contribution in [0.4, 0.5) is 0 Å². The minimum atomic E-state index is -0.194. The minimum absolute atomic E-state index is 0.194. The Balaban J connectivity index is 1.52. The maximum Gasteiger partial charge on any atom is 0.253 e. The molecule has 1 aliphatic rings. The molecule has 0 bridgehead atoms. The zero-order valence-electron chi connectivity index (χ0n) is 13.4. The smallest absolute Gasteiger partial charge is 0.253 e. The van der Waals surface area contributed by atoms with Gasteiger partial charge in [-0.3, -0.25) is 9.69 Å². The molecule has 0 unspecified atom stereocenters. The van der Waals surface area contributed by atoms with Gasteiger partial charge in [0.25, 0.3) is 5.91 Å². The van der Waals surface area contributed by atoms with E-state index in [4.69, 9.17) is 23.2 Å². The molecule has 2 aromatic rings. The van der Waals surface area contributed by atoms with E-state index in [9.17, 15) is 4.79 Å². The summed E-state index contributed by atoms with van der Waals surface area (Å²) in [6, 6.07) is 10.0. The van der Waals surface area contributed by atoms with Gasteiger partial charge in [-0.1, -0.05) is 53.9 Å². The van der Waals surface area contributed by atoms with Gasteiger partial charge in [-0.05, 0) is 43.1 Å². The number of nitrogens with zero attached hydrogens (tertiary/aromatic N) is 1. The van der Waals surface area contributed by atoms with Crippen molar-refractivity contribution in [2.75, 3.05) is 13.1 Å². The highest BCUT2D eigenvalue weighted by Gasteiger charge is 2.14. The maximum absolute atomic E-state index is 12.1. The summed E-state index contributed by atoms with van der Waals surface area (Å²) < 4.78 is 0.946. The first kappa shape index (κ1) is 17.7. The normalized spacial score (nSPS) is 15.4. The Hall–Kier alpha value is -1.07. The first-order valence-electron chi connectivity index (χ1n) is 8.15. The Morgan fingerprint density at radius 2 is 1.75 bits per heavy atom. The Bertz CT molecular complexity index is 694. The third kappa shape index (κ3) is 4.73. The van der Waals surface area contributed by atoms with Gasteiger partial charge in [-0.15, -0.1) is 11.3 Å². The molecule has 1 aromatic heterocycles. The van der Waals surface area contributed by atoms with E-state index in [0.29, 0.717) is 20.8 Å². The average molecular weight is 383 g/mol. The third-order valence-electron chi connectivity index (χ3n) is 4.23. The molecule has 0 radical (unpaired) electrons. The van der Waals surface area contributed by atoms with Crippen molar-refractivity contribution in [1.82, 2.24) is 10.2 Å². The van der Waals surface area contributed by atoms with E-state index < -0.39 is 0 Å². The second-order valence-corrected chi connectivity index (χ2v) is 8.36. The topological polar surface area (TPSA) is 32.3 Å². The van der Waals surface area contributed by atoms with Crippen LogP contribution in [-0.4, -0.2) is 23.9 Å². The molecular weight excluding hydrogens is 363 g/mol. The van der Waals surface area contributed by atoms with Gasteiger partial charge in [0, 0.05) is 13.1 Å². The number of thiophene rings is 1. The zero-order chi connectivity index (χ0) is 16.9. The molecule has 3 rings (SSSR count). The molecule has 1 saturated heterocycles. The van der Waals surface area contributed by atoms with E-state index in [2.05, 4.69) is 34.5 Å². The number of hydrogen-bond donors (Lipinski definition) is 1. The number of halogens is 2. The quantitative estimate of drug-likeness (QED) is 0.791. The standard InChI is InChI=1S/C18H20Cl2N2OS/c19-16-10-15(17(20)24-16)18(23)21-11-13-4-6-14(7-5-13)12-22-8-2-1-3-9-22/h4-7,10H,1-3,8-9,11-12H2,(H,21,23). The number of benzene rings is 1. The van der Waals surface area contributed by atoms with Crippen molar-refractivity contribution in [3.05, 3.63) is 55.7 Å². The van der Waals surface area contributed by atoms with Gasteiger partial charge in [0.05, 0.1) is 9.90 Å². The van der Waals surface area contributed by atoms with Gasteiger partial charge in [0.2, 0.25) is 0 Å². The highest BCUT2D eigenvalue weighted by molar-refractivity contribution is 7.20. The molecular formula is C18H20Cl2N2OS. The van der Waals surface area contributed by atoms with E-state index in [0.717, 1.165) is 12.1 Å². The van der Waals surface area contributed by atoms with Crippen LogP contribution in [0.25, 0.3) is 0 Å². The number of carbonyl (C=O) groups is 1. The summed E-state index contributed by atoms with van der Waals surface area (Å²) in [7, 11) is 0. The van der Waals surface area contributed by atoms with E-state index >= 15 is 0 Å². The summed E-state index contributed by atoms with van der Waals surface area (Å²) in [5.41, 5.74) is 2.83. The van der Waals surface area contributed by atoms with Gasteiger partial charge in [0.1, 0.15) is 4.34 Å². The van der Waals surface area contributed by atoms with Crippen molar-refractivity contribution >= 4 is 40.4 Å². The predicted octanol–water partition coefficient (Wildman–Crippen LogP) is 4.97. The number of hydrogen-bond acceptors (Lipinski definition) is 3. The lowest BCUT2D eigenvalue weighted by molar-refractivity contribution is 0.0951. The number of amides is 1. The second kappa shape index (κ2) is 8.34. The fourth-order valence-corrected chi connectivity index (χ4v) is 4.37. The molecule has 24 heavy (non-hydrogen) atoms. The van der Waals surface area contributed by atoms with Crippen LogP contribution in [0, 0.1) is 0 Å². The van der Waals surface area contributed by atoms with Crippen molar-refractivity contribution in [2.24, 2.45) is 0 Å². The molecule has 1 aromatic carbocycles. The third-order valence-corrected chi connectivity index (χ3v) is 5.72. The van der Waals surface area contributed by atoms with Crippen LogP contribution in [0.1, 0.15) is 40.7 Å². The summed E-state index contributed by atoms with van der Waals surface area (Å²) in [4.78, 5) is 14.6. The molecule has 3 nitrogen and oxygen atoms in total. The van der Waals surface area contributed by atoms with Crippen molar-refractivity contribution in [1.29, 1.82) is 0 Å². The Kier molecular flexibility index (Phi) is 6.17. The van der Waals surface area contributed by atoms with Gasteiger partial charge < -0.3 is 5.32 Å². The van der Waals surface area contributed by atoms with Crippen LogP contribution < -0.4 is 5.32 Å². The molecule has 2 heterocycles. The Morgan fingerprint density at radius 1 is 1.08 bits per heavy atom. The largest absolute Gasteiger partial charge is 0.348 e. The van der Waals surface area contributed by atoms with Crippen LogP contribution in [-0.2, 0) is 13.1 Å². The molecule has 1 fully saturated rings. The zero-order valence-corrected chi connectivity index (χ0v) is 15.7. The molecule has 6 heteroatoms. The van der Waals surface area contributed by atoms with Crippen molar-refractivity contribution in [3.8, 4) is 0 Å². The monoisotopic (exact) mass is 382 g/mol. The number of carbonyl (C=O) groups excluding carboxylic acids is 1. The van der Waals surface area contributed by atoms with E-state index in [1.807, 2.05) is 0 Å². The van der Waals surface area contributed by atoms with Gasteiger partial charge in [0.15, 0.2) is 0 Å². The van der Waals surface area contributed by atoms with Crippen LogP contribution in [0.15, 0.2) is 30.3 Å². The lowest BCUT2D eigenvalue weighted by atomic mass is 10.1. The highest BCUT2D eigenvalue weighted by atomic mass is 35.5. The van der Waals surface area contributed by atoms with E-state index in [-0.39, 0.29) is 5.91 Å². The van der Waals surface area contributed by atoms with Gasteiger partial charge in [-0.2, -0.15) is 0 Å². The molecule has 0 spiro atoms. The molecule has 0 saturated carbocycles. The first-order valence-corrected chi connectivity index (χ1v) is 9.72. The van der Waals surface area contributed by atoms with Crippen molar-refractivity contribution in [3.63, 3.8) is 0 Å². The summed E-state index contributed by atoms with van der Waals surface area (Å²) in [5.74, 6) is -0.194. The lowest BCUT2D eigenvalue weighted by Gasteiger charge is -2.26. The van der Waals surface area contributed by atoms with Crippen LogP contribution >= 0.6 is 34.5 Å². The summed E-state index contributed by atoms with van der Waals surface area (Å²) in [5, 5.41) is 2.88. The van der Waals surface area contributed by atoms with Crippen molar-refractivity contribution in [2.45, 2.75) is 32.4 Å². The van der Waals surface area contributed by atoms with Gasteiger partial charge in [-0.25, -0.2) is 0 Å². The minimum Gasteiger partial charge on any atom is -0.348 e. The van der Waals surface area contributed by atoms with Gasteiger partial charge >= 0.3 is 0 Å². The molecule has 128 valence electrons. The Morgan fingerprint density at radius 3 is 2.38 bits per heavy atom. The summed E-state index contributed by atoms with van der Waals surface area (Å²) in [6.45, 7) is 3.88.